The van der Waals surface area contributed by atoms with E-state index >= 15 is 0 Å². The molecular weight excluding hydrogens is 342 g/mol. The first kappa shape index (κ1) is 16.5. The van der Waals surface area contributed by atoms with Crippen molar-refractivity contribution in [2.45, 2.75) is 13.8 Å². The van der Waals surface area contributed by atoms with Gasteiger partial charge in [0.15, 0.2) is 0 Å². The van der Waals surface area contributed by atoms with Gasteiger partial charge < -0.3 is 9.72 Å². The summed E-state index contributed by atoms with van der Waals surface area (Å²) in [5.74, 6) is 0.802. The monoisotopic (exact) mass is 361 g/mol. The Hall–Kier alpha value is -2.92. The fraction of sp³-hybridized carbons (Fsp3) is 0.143. The number of aromatic amines is 1. The van der Waals surface area contributed by atoms with Crippen molar-refractivity contribution in [3.8, 4) is 28.1 Å². The lowest BCUT2D eigenvalue weighted by Crippen LogP contribution is -1.94. The molecule has 0 bridgehead atoms. The van der Waals surface area contributed by atoms with Crippen LogP contribution in [-0.4, -0.2) is 21.5 Å². The molecule has 26 heavy (non-hydrogen) atoms. The van der Waals surface area contributed by atoms with Crippen LogP contribution in [0.5, 0.6) is 5.75 Å². The van der Waals surface area contributed by atoms with Gasteiger partial charge in [-0.2, -0.15) is 0 Å². The van der Waals surface area contributed by atoms with E-state index in [0.717, 1.165) is 33.8 Å². The minimum Gasteiger partial charge on any atom is -0.496 e. The van der Waals surface area contributed by atoms with Gasteiger partial charge in [0.1, 0.15) is 11.4 Å². The van der Waals surface area contributed by atoms with Gasteiger partial charge in [0.25, 0.3) is 0 Å². The average molecular weight is 361 g/mol. The largest absolute Gasteiger partial charge is 0.496 e. The Morgan fingerprint density at radius 2 is 1.85 bits per heavy atom. The maximum Gasteiger partial charge on any atom is 0.205 e. The highest BCUT2D eigenvalue weighted by atomic mass is 32.1. The SMILES string of the molecule is COc1ccccc1-c1cnc(=S)n2cc(-c3ccc(C)cc3C)[nH]c12. The number of H-pyrrole nitrogens is 1. The Labute approximate surface area is 157 Å². The highest BCUT2D eigenvalue weighted by molar-refractivity contribution is 7.71. The first-order valence-electron chi connectivity index (χ1n) is 8.40. The van der Waals surface area contributed by atoms with Gasteiger partial charge in [-0.25, -0.2) is 4.98 Å². The predicted octanol–water partition coefficient (Wildman–Crippen LogP) is 5.35. The van der Waals surface area contributed by atoms with Crippen molar-refractivity contribution in [2.75, 3.05) is 7.11 Å². The van der Waals surface area contributed by atoms with E-state index in [1.54, 1.807) is 13.3 Å². The van der Waals surface area contributed by atoms with Gasteiger partial charge in [0.2, 0.25) is 4.77 Å². The van der Waals surface area contributed by atoms with E-state index in [-0.39, 0.29) is 0 Å². The second-order valence-corrected chi connectivity index (χ2v) is 6.72. The molecule has 0 aliphatic carbocycles. The fourth-order valence-electron chi connectivity index (χ4n) is 3.32. The van der Waals surface area contributed by atoms with Gasteiger partial charge in [-0.05, 0) is 37.7 Å². The van der Waals surface area contributed by atoms with Crippen LogP contribution in [-0.2, 0) is 0 Å². The minimum atomic E-state index is 0.519. The van der Waals surface area contributed by atoms with E-state index in [2.05, 4.69) is 42.0 Å². The topological polar surface area (TPSA) is 42.3 Å². The molecule has 0 atom stereocenters. The van der Waals surface area contributed by atoms with Crippen molar-refractivity contribution < 1.29 is 4.74 Å². The Morgan fingerprint density at radius 1 is 1.04 bits per heavy atom. The van der Waals surface area contributed by atoms with E-state index in [4.69, 9.17) is 17.0 Å². The number of ether oxygens (including phenoxy) is 1. The van der Waals surface area contributed by atoms with Crippen molar-refractivity contribution in [1.29, 1.82) is 0 Å². The van der Waals surface area contributed by atoms with Gasteiger partial charge in [-0.3, -0.25) is 4.40 Å². The molecule has 0 unspecified atom stereocenters. The molecule has 0 saturated heterocycles. The number of nitrogens with zero attached hydrogens (tertiary/aromatic N) is 2. The maximum absolute atomic E-state index is 5.53. The normalized spacial score (nSPS) is 11.0. The Kier molecular flexibility index (Phi) is 4.09. The zero-order valence-electron chi connectivity index (χ0n) is 14.9. The molecule has 0 radical (unpaired) electrons. The van der Waals surface area contributed by atoms with Crippen LogP contribution in [0.3, 0.4) is 0 Å². The summed E-state index contributed by atoms with van der Waals surface area (Å²) in [4.78, 5) is 7.94. The van der Waals surface area contributed by atoms with Crippen LogP contribution in [0.25, 0.3) is 28.0 Å². The van der Waals surface area contributed by atoms with Crippen LogP contribution in [0.4, 0.5) is 0 Å². The molecule has 4 aromatic rings. The number of para-hydroxylation sites is 1. The van der Waals surface area contributed by atoms with E-state index in [1.807, 2.05) is 34.9 Å². The zero-order chi connectivity index (χ0) is 18.3. The Bertz CT molecular complexity index is 1170. The van der Waals surface area contributed by atoms with Gasteiger partial charge >= 0.3 is 0 Å². The third-order valence-electron chi connectivity index (χ3n) is 4.59. The first-order valence-corrected chi connectivity index (χ1v) is 8.80. The minimum absolute atomic E-state index is 0.519. The van der Waals surface area contributed by atoms with E-state index < -0.39 is 0 Å². The van der Waals surface area contributed by atoms with Crippen molar-refractivity contribution >= 4 is 17.9 Å². The van der Waals surface area contributed by atoms with Crippen LogP contribution >= 0.6 is 12.2 Å². The number of hydrogen-bond donors (Lipinski definition) is 1. The molecule has 0 aliphatic heterocycles. The Balaban J connectivity index is 1.99. The lowest BCUT2D eigenvalue weighted by atomic mass is 10.0. The third-order valence-corrected chi connectivity index (χ3v) is 4.89. The number of nitrogens with one attached hydrogen (secondary N) is 1. The summed E-state index contributed by atoms with van der Waals surface area (Å²) in [5, 5.41) is 0. The highest BCUT2D eigenvalue weighted by Gasteiger charge is 2.14. The van der Waals surface area contributed by atoms with E-state index in [9.17, 15) is 0 Å². The number of fused-ring (bicyclic) bond motifs is 1. The van der Waals surface area contributed by atoms with Crippen molar-refractivity contribution in [1.82, 2.24) is 14.4 Å². The second-order valence-electron chi connectivity index (χ2n) is 6.36. The van der Waals surface area contributed by atoms with Crippen molar-refractivity contribution in [3.05, 3.63) is 70.8 Å². The average Bonchev–Trinajstić information content (AvgIpc) is 3.08. The molecule has 2 aromatic heterocycles. The molecule has 0 fully saturated rings. The first-order chi connectivity index (χ1) is 12.6. The summed E-state index contributed by atoms with van der Waals surface area (Å²) in [5.41, 5.74) is 7.46. The lowest BCUT2D eigenvalue weighted by molar-refractivity contribution is 0.416. The zero-order valence-corrected chi connectivity index (χ0v) is 15.7. The van der Waals surface area contributed by atoms with Gasteiger partial charge in [-0.15, -0.1) is 0 Å². The third kappa shape index (κ3) is 2.70. The summed E-state index contributed by atoms with van der Waals surface area (Å²) in [6.07, 6.45) is 3.82. The van der Waals surface area contributed by atoms with Crippen LogP contribution in [0.1, 0.15) is 11.1 Å². The summed E-state index contributed by atoms with van der Waals surface area (Å²) in [6, 6.07) is 14.3. The smallest absolute Gasteiger partial charge is 0.205 e. The summed E-state index contributed by atoms with van der Waals surface area (Å²) in [6.45, 7) is 4.22. The number of aromatic nitrogens is 3. The van der Waals surface area contributed by atoms with Crippen LogP contribution in [0.15, 0.2) is 54.9 Å². The number of benzene rings is 2. The van der Waals surface area contributed by atoms with Gasteiger partial charge in [0, 0.05) is 29.1 Å². The highest BCUT2D eigenvalue weighted by Crippen LogP contribution is 2.33. The standard InChI is InChI=1S/C21H19N3OS/c1-13-8-9-15(14(2)10-13)18-12-24-20(23-18)17(11-22-21(24)26)16-6-4-5-7-19(16)25-3/h4-12,23H,1-3H3. The quantitative estimate of drug-likeness (QED) is 0.500. The number of hydrogen-bond acceptors (Lipinski definition) is 3. The molecular formula is C21H19N3OS. The molecule has 2 aromatic carbocycles. The number of imidazole rings is 1. The van der Waals surface area contributed by atoms with Crippen LogP contribution < -0.4 is 4.74 Å². The maximum atomic E-state index is 5.53. The molecule has 4 nitrogen and oxygen atoms in total. The predicted molar refractivity (Wildman–Crippen MR) is 107 cm³/mol. The molecule has 0 amide bonds. The molecule has 0 saturated carbocycles. The second kappa shape index (κ2) is 6.42. The van der Waals surface area contributed by atoms with Crippen molar-refractivity contribution in [3.63, 3.8) is 0 Å². The van der Waals surface area contributed by atoms with Gasteiger partial charge in [-0.1, -0.05) is 42.0 Å². The number of rotatable bonds is 3. The number of aryl methyl sites for hydroxylation is 2. The summed E-state index contributed by atoms with van der Waals surface area (Å²) < 4.78 is 7.97. The molecule has 5 heteroatoms. The summed E-state index contributed by atoms with van der Waals surface area (Å²) in [7, 11) is 1.67. The van der Waals surface area contributed by atoms with Crippen LogP contribution in [0.2, 0.25) is 0 Å². The molecule has 1 N–H and O–H groups in total. The molecule has 0 aliphatic rings. The summed E-state index contributed by atoms with van der Waals surface area (Å²) >= 11 is 5.44. The molecule has 0 spiro atoms. The fourth-order valence-corrected chi connectivity index (χ4v) is 3.52. The number of methoxy groups -OCH3 is 1. The van der Waals surface area contributed by atoms with Crippen molar-refractivity contribution in [2.24, 2.45) is 0 Å². The lowest BCUT2D eigenvalue weighted by Gasteiger charge is -2.09. The molecule has 2 heterocycles. The molecule has 4 rings (SSSR count). The van der Waals surface area contributed by atoms with Crippen LogP contribution in [0, 0.1) is 18.6 Å². The van der Waals surface area contributed by atoms with Gasteiger partial charge in [0.05, 0.1) is 12.8 Å². The van der Waals surface area contributed by atoms with E-state index in [1.165, 1.54) is 11.1 Å². The van der Waals surface area contributed by atoms with E-state index in [0.29, 0.717) is 4.77 Å². The Morgan fingerprint density at radius 3 is 2.62 bits per heavy atom. The molecule has 130 valence electrons.